The summed E-state index contributed by atoms with van der Waals surface area (Å²) in [5.74, 6) is -1.37. The first kappa shape index (κ1) is 15.7. The molecule has 2 amide bonds. The second-order valence-electron chi connectivity index (χ2n) is 5.16. The van der Waals surface area contributed by atoms with Gasteiger partial charge in [-0.3, -0.25) is 9.59 Å². The van der Waals surface area contributed by atoms with E-state index in [0.717, 1.165) is 0 Å². The molecule has 0 spiro atoms. The van der Waals surface area contributed by atoms with Gasteiger partial charge in [-0.15, -0.1) is 0 Å². The van der Waals surface area contributed by atoms with Crippen molar-refractivity contribution in [3.05, 3.63) is 59.9 Å². The van der Waals surface area contributed by atoms with Crippen LogP contribution in [0.2, 0.25) is 0 Å². The van der Waals surface area contributed by atoms with Gasteiger partial charge in [0.2, 0.25) is 5.91 Å². The Labute approximate surface area is 128 Å². The fourth-order valence-electron chi connectivity index (χ4n) is 1.81. The Kier molecular flexibility index (Phi) is 4.88. The molecule has 0 bridgehead atoms. The maximum Gasteiger partial charge on any atom is 0.258 e. The van der Waals surface area contributed by atoms with Crippen LogP contribution >= 0.6 is 0 Å². The molecule has 0 heterocycles. The highest BCUT2D eigenvalue weighted by molar-refractivity contribution is 6.04. The van der Waals surface area contributed by atoms with Crippen LogP contribution in [0.15, 0.2) is 48.5 Å². The van der Waals surface area contributed by atoms with Crippen LogP contribution in [0.25, 0.3) is 0 Å². The van der Waals surface area contributed by atoms with E-state index in [1.807, 2.05) is 0 Å². The molecule has 0 aliphatic heterocycles. The average molecular weight is 300 g/mol. The molecule has 0 atom stereocenters. The topological polar surface area (TPSA) is 58.2 Å². The summed E-state index contributed by atoms with van der Waals surface area (Å²) in [7, 11) is 0. The van der Waals surface area contributed by atoms with E-state index in [4.69, 9.17) is 0 Å². The zero-order chi connectivity index (χ0) is 16.1. The molecule has 2 aromatic carbocycles. The highest BCUT2D eigenvalue weighted by atomic mass is 19.1. The summed E-state index contributed by atoms with van der Waals surface area (Å²) in [4.78, 5) is 23.7. The van der Waals surface area contributed by atoms with Crippen LogP contribution in [0.4, 0.5) is 15.8 Å². The summed E-state index contributed by atoms with van der Waals surface area (Å²) in [6.07, 6.45) is 0. The summed E-state index contributed by atoms with van der Waals surface area (Å²) in [6, 6.07) is 12.5. The lowest BCUT2D eigenvalue weighted by molar-refractivity contribution is -0.118. The van der Waals surface area contributed by atoms with Crippen molar-refractivity contribution in [2.24, 2.45) is 5.92 Å². The van der Waals surface area contributed by atoms with Gasteiger partial charge in [-0.05, 0) is 30.3 Å². The third kappa shape index (κ3) is 3.91. The molecular weight excluding hydrogens is 283 g/mol. The van der Waals surface area contributed by atoms with Gasteiger partial charge in [0.1, 0.15) is 5.82 Å². The highest BCUT2D eigenvalue weighted by Crippen LogP contribution is 2.17. The number of nitrogens with one attached hydrogen (secondary N) is 2. The fourth-order valence-corrected chi connectivity index (χ4v) is 1.81. The van der Waals surface area contributed by atoms with E-state index in [9.17, 15) is 14.0 Å². The Bertz CT molecular complexity index is 699. The van der Waals surface area contributed by atoms with Gasteiger partial charge in [-0.2, -0.15) is 0 Å². The van der Waals surface area contributed by atoms with E-state index in [2.05, 4.69) is 10.6 Å². The van der Waals surface area contributed by atoms with Gasteiger partial charge in [-0.25, -0.2) is 4.39 Å². The van der Waals surface area contributed by atoms with Gasteiger partial charge >= 0.3 is 0 Å². The van der Waals surface area contributed by atoms with Crippen LogP contribution in [-0.4, -0.2) is 11.8 Å². The number of rotatable bonds is 4. The number of carbonyl (C=O) groups excluding carboxylic acids is 2. The third-order valence-corrected chi connectivity index (χ3v) is 3.03. The van der Waals surface area contributed by atoms with Crippen molar-refractivity contribution < 1.29 is 14.0 Å². The Morgan fingerprint density at radius 3 is 2.23 bits per heavy atom. The molecule has 0 unspecified atom stereocenters. The zero-order valence-electron chi connectivity index (χ0n) is 12.4. The minimum atomic E-state index is -0.579. The molecule has 0 aliphatic carbocycles. The number of benzene rings is 2. The quantitative estimate of drug-likeness (QED) is 0.905. The fraction of sp³-hybridized carbons (Fsp3) is 0.176. The van der Waals surface area contributed by atoms with Crippen molar-refractivity contribution >= 4 is 23.2 Å². The number of anilines is 2. The molecule has 2 rings (SSSR count). The molecule has 2 N–H and O–H groups in total. The van der Waals surface area contributed by atoms with Crippen LogP contribution in [0, 0.1) is 11.7 Å². The third-order valence-electron chi connectivity index (χ3n) is 3.03. The normalized spacial score (nSPS) is 10.4. The van der Waals surface area contributed by atoms with E-state index < -0.39 is 11.7 Å². The molecule has 4 nitrogen and oxygen atoms in total. The Balaban J connectivity index is 2.12. The van der Waals surface area contributed by atoms with Gasteiger partial charge in [-0.1, -0.05) is 32.0 Å². The molecule has 0 radical (unpaired) electrons. The van der Waals surface area contributed by atoms with Crippen LogP contribution in [-0.2, 0) is 4.79 Å². The molecule has 0 aliphatic rings. The van der Waals surface area contributed by atoms with Crippen LogP contribution in [0.5, 0.6) is 0 Å². The molecule has 0 aromatic heterocycles. The Morgan fingerprint density at radius 1 is 0.955 bits per heavy atom. The number of halogens is 1. The molecule has 0 saturated heterocycles. The summed E-state index contributed by atoms with van der Waals surface area (Å²) in [5, 5.41) is 5.35. The van der Waals surface area contributed by atoms with Crippen molar-refractivity contribution in [1.82, 2.24) is 0 Å². The predicted octanol–water partition coefficient (Wildman–Crippen LogP) is 3.67. The van der Waals surface area contributed by atoms with E-state index in [1.165, 1.54) is 18.2 Å². The van der Waals surface area contributed by atoms with E-state index in [0.29, 0.717) is 11.4 Å². The first-order valence-corrected chi connectivity index (χ1v) is 6.94. The van der Waals surface area contributed by atoms with Gasteiger partial charge in [0.15, 0.2) is 0 Å². The van der Waals surface area contributed by atoms with Crippen LogP contribution in [0.3, 0.4) is 0 Å². The molecular formula is C17H17FN2O2. The maximum absolute atomic E-state index is 13.6. The largest absolute Gasteiger partial charge is 0.326 e. The number of hydrogen-bond donors (Lipinski definition) is 2. The van der Waals surface area contributed by atoms with Crippen LogP contribution < -0.4 is 10.6 Å². The van der Waals surface area contributed by atoms with E-state index >= 15 is 0 Å². The van der Waals surface area contributed by atoms with Crippen molar-refractivity contribution in [2.45, 2.75) is 13.8 Å². The summed E-state index contributed by atoms with van der Waals surface area (Å²) in [5.41, 5.74) is 1.03. The van der Waals surface area contributed by atoms with Gasteiger partial charge < -0.3 is 10.6 Å². The minimum Gasteiger partial charge on any atom is -0.326 e. The lowest BCUT2D eigenvalue weighted by atomic mass is 10.2. The Hall–Kier alpha value is -2.69. The smallest absolute Gasteiger partial charge is 0.258 e. The first-order chi connectivity index (χ1) is 10.5. The van der Waals surface area contributed by atoms with E-state index in [-0.39, 0.29) is 17.4 Å². The second-order valence-corrected chi connectivity index (χ2v) is 5.16. The molecule has 0 saturated carbocycles. The number of carbonyl (C=O) groups is 2. The van der Waals surface area contributed by atoms with Crippen molar-refractivity contribution in [3.8, 4) is 0 Å². The molecule has 5 heteroatoms. The second kappa shape index (κ2) is 6.85. The monoisotopic (exact) mass is 300 g/mol. The SMILES string of the molecule is CC(C)C(=O)Nc1cccc(NC(=O)c2ccccc2F)c1. The van der Waals surface area contributed by atoms with Gasteiger partial charge in [0, 0.05) is 17.3 Å². The zero-order valence-corrected chi connectivity index (χ0v) is 12.4. The predicted molar refractivity (Wildman–Crippen MR) is 84.3 cm³/mol. The minimum absolute atomic E-state index is 0.0286. The van der Waals surface area contributed by atoms with Crippen molar-refractivity contribution in [3.63, 3.8) is 0 Å². The lowest BCUT2D eigenvalue weighted by Crippen LogP contribution is -2.18. The standard InChI is InChI=1S/C17H17FN2O2/c1-11(2)16(21)19-12-6-5-7-13(10-12)20-17(22)14-8-3-4-9-15(14)18/h3-11H,1-2H3,(H,19,21)(H,20,22). The molecule has 0 fully saturated rings. The molecule has 114 valence electrons. The first-order valence-electron chi connectivity index (χ1n) is 6.94. The molecule has 2 aromatic rings. The summed E-state index contributed by atoms with van der Waals surface area (Å²) in [6.45, 7) is 3.58. The average Bonchev–Trinajstić information content (AvgIpc) is 2.47. The summed E-state index contributed by atoms with van der Waals surface area (Å²) < 4.78 is 13.6. The number of amides is 2. The highest BCUT2D eigenvalue weighted by Gasteiger charge is 2.12. The summed E-state index contributed by atoms with van der Waals surface area (Å²) >= 11 is 0. The molecule has 22 heavy (non-hydrogen) atoms. The maximum atomic E-state index is 13.6. The van der Waals surface area contributed by atoms with Crippen molar-refractivity contribution in [1.29, 1.82) is 0 Å². The number of hydrogen-bond acceptors (Lipinski definition) is 2. The van der Waals surface area contributed by atoms with E-state index in [1.54, 1.807) is 44.2 Å². The van der Waals surface area contributed by atoms with Gasteiger partial charge in [0.05, 0.1) is 5.56 Å². The van der Waals surface area contributed by atoms with Crippen molar-refractivity contribution in [2.75, 3.05) is 10.6 Å². The van der Waals surface area contributed by atoms with Crippen LogP contribution in [0.1, 0.15) is 24.2 Å². The lowest BCUT2D eigenvalue weighted by Gasteiger charge is -2.10. The van der Waals surface area contributed by atoms with Gasteiger partial charge in [0.25, 0.3) is 5.91 Å². The Morgan fingerprint density at radius 2 is 1.59 bits per heavy atom.